The summed E-state index contributed by atoms with van der Waals surface area (Å²) in [6.07, 6.45) is 2.00. The lowest BCUT2D eigenvalue weighted by Crippen LogP contribution is -2.29. The van der Waals surface area contributed by atoms with Gasteiger partial charge in [0.1, 0.15) is 10.1 Å². The van der Waals surface area contributed by atoms with Crippen molar-refractivity contribution in [2.75, 3.05) is 13.2 Å². The van der Waals surface area contributed by atoms with E-state index in [1.165, 1.54) is 16.7 Å². The van der Waals surface area contributed by atoms with Crippen molar-refractivity contribution in [1.82, 2.24) is 4.90 Å². The van der Waals surface area contributed by atoms with Crippen molar-refractivity contribution in [2.45, 2.75) is 12.8 Å². The van der Waals surface area contributed by atoms with Crippen molar-refractivity contribution in [3.8, 4) is 5.75 Å². The molecule has 0 aromatic heterocycles. The molecule has 2 rings (SSSR count). The van der Waals surface area contributed by atoms with E-state index in [2.05, 4.69) is 0 Å². The maximum absolute atomic E-state index is 12.4. The van der Waals surface area contributed by atoms with E-state index in [0.29, 0.717) is 21.4 Å². The summed E-state index contributed by atoms with van der Waals surface area (Å²) >= 11 is 6.34. The Balaban J connectivity index is 2.00. The summed E-state index contributed by atoms with van der Waals surface area (Å²) in [6, 6.07) is 6.63. The molecule has 1 aliphatic heterocycles. The van der Waals surface area contributed by atoms with E-state index in [4.69, 9.17) is 27.2 Å². The number of carbonyl (C=O) groups excluding carboxylic acids is 1. The minimum Gasteiger partial charge on any atom is -0.482 e. The van der Waals surface area contributed by atoms with E-state index in [9.17, 15) is 14.4 Å². The van der Waals surface area contributed by atoms with E-state index in [-0.39, 0.29) is 18.9 Å². The molecule has 0 unspecified atom stereocenters. The Morgan fingerprint density at radius 2 is 1.88 bits per heavy atom. The van der Waals surface area contributed by atoms with Gasteiger partial charge < -0.3 is 14.9 Å². The Kier molecular flexibility index (Phi) is 6.54. The topological polar surface area (TPSA) is 104 Å². The number of thioether (sulfide) groups is 1. The van der Waals surface area contributed by atoms with E-state index >= 15 is 0 Å². The number of carboxylic acids is 2. The van der Waals surface area contributed by atoms with Crippen molar-refractivity contribution < 1.29 is 29.3 Å². The molecule has 1 aliphatic rings. The van der Waals surface area contributed by atoms with E-state index < -0.39 is 18.5 Å². The summed E-state index contributed by atoms with van der Waals surface area (Å²) in [5.74, 6) is -1.80. The van der Waals surface area contributed by atoms with Gasteiger partial charge in [0.05, 0.1) is 4.91 Å². The van der Waals surface area contributed by atoms with Gasteiger partial charge in [-0.1, -0.05) is 36.1 Å². The van der Waals surface area contributed by atoms with Crippen molar-refractivity contribution in [3.63, 3.8) is 0 Å². The Labute approximate surface area is 153 Å². The third kappa shape index (κ3) is 5.57. The fourth-order valence-electron chi connectivity index (χ4n) is 2.04. The molecule has 2 N–H and O–H groups in total. The van der Waals surface area contributed by atoms with Gasteiger partial charge in [0.15, 0.2) is 6.61 Å². The molecule has 1 saturated heterocycles. The summed E-state index contributed by atoms with van der Waals surface area (Å²) in [7, 11) is 0. The fourth-order valence-corrected chi connectivity index (χ4v) is 3.35. The Bertz CT molecular complexity index is 729. The highest BCUT2D eigenvalue weighted by Gasteiger charge is 2.31. The van der Waals surface area contributed by atoms with Crippen LogP contribution >= 0.6 is 24.0 Å². The molecule has 0 radical (unpaired) electrons. The number of hydrogen-bond acceptors (Lipinski definition) is 6. The summed E-state index contributed by atoms with van der Waals surface area (Å²) in [5.41, 5.74) is 0.744. The van der Waals surface area contributed by atoms with Crippen LogP contribution in [0.1, 0.15) is 18.4 Å². The van der Waals surface area contributed by atoms with Crippen molar-refractivity contribution >= 4 is 52.2 Å². The molecule has 0 aliphatic carbocycles. The zero-order valence-corrected chi connectivity index (χ0v) is 14.6. The smallest absolute Gasteiger partial charge is 0.341 e. The molecule has 1 heterocycles. The molecule has 1 amide bonds. The van der Waals surface area contributed by atoms with Crippen LogP contribution in [0.3, 0.4) is 0 Å². The zero-order valence-electron chi connectivity index (χ0n) is 13.0. The normalized spacial score (nSPS) is 15.7. The third-order valence-corrected chi connectivity index (χ3v) is 4.56. The van der Waals surface area contributed by atoms with Gasteiger partial charge in [-0.3, -0.25) is 14.5 Å². The number of rotatable bonds is 8. The lowest BCUT2D eigenvalue weighted by Gasteiger charge is -2.13. The maximum atomic E-state index is 12.4. The molecule has 0 atom stereocenters. The van der Waals surface area contributed by atoms with Gasteiger partial charge >= 0.3 is 11.9 Å². The van der Waals surface area contributed by atoms with Crippen LogP contribution in [-0.4, -0.2) is 50.4 Å². The average Bonchev–Trinajstić information content (AvgIpc) is 2.81. The predicted molar refractivity (Wildman–Crippen MR) is 96.3 cm³/mol. The van der Waals surface area contributed by atoms with Crippen LogP contribution < -0.4 is 4.74 Å². The van der Waals surface area contributed by atoms with Crippen LogP contribution in [0.2, 0.25) is 0 Å². The number of amides is 1. The number of thiocarbonyl (C=S) groups is 1. The van der Waals surface area contributed by atoms with Gasteiger partial charge in [-0.25, -0.2) is 4.79 Å². The Hall–Kier alpha value is -2.39. The number of carbonyl (C=O) groups is 3. The summed E-state index contributed by atoms with van der Waals surface area (Å²) in [6.45, 7) is -0.148. The highest BCUT2D eigenvalue weighted by Crippen LogP contribution is 2.32. The zero-order chi connectivity index (χ0) is 18.4. The Morgan fingerprint density at radius 1 is 1.20 bits per heavy atom. The van der Waals surface area contributed by atoms with Gasteiger partial charge in [0.2, 0.25) is 0 Å². The van der Waals surface area contributed by atoms with Crippen LogP contribution in [0.15, 0.2) is 29.2 Å². The average molecular weight is 381 g/mol. The van der Waals surface area contributed by atoms with Crippen LogP contribution in [0.4, 0.5) is 0 Å². The molecule has 0 bridgehead atoms. The Morgan fingerprint density at radius 3 is 2.48 bits per heavy atom. The first-order valence-electron chi connectivity index (χ1n) is 7.28. The molecular weight excluding hydrogens is 366 g/mol. The number of hydrogen-bond donors (Lipinski definition) is 2. The predicted octanol–water partition coefficient (Wildman–Crippen LogP) is 2.22. The lowest BCUT2D eigenvalue weighted by molar-refractivity contribution is -0.139. The minimum atomic E-state index is -1.06. The molecule has 7 nitrogen and oxygen atoms in total. The van der Waals surface area contributed by atoms with Crippen LogP contribution in [0, 0.1) is 0 Å². The van der Waals surface area contributed by atoms with Crippen LogP contribution in [0.25, 0.3) is 6.08 Å². The number of carboxylic acid groups (broad SMARTS) is 2. The molecular formula is C16H15NO6S2. The first-order valence-corrected chi connectivity index (χ1v) is 8.51. The number of nitrogens with zero attached hydrogens (tertiary/aromatic N) is 1. The van der Waals surface area contributed by atoms with Crippen LogP contribution in [0.5, 0.6) is 5.75 Å². The minimum absolute atomic E-state index is 0.0199. The molecule has 1 aromatic rings. The quantitative estimate of drug-likeness (QED) is 0.522. The van der Waals surface area contributed by atoms with Crippen molar-refractivity contribution in [2.24, 2.45) is 0 Å². The van der Waals surface area contributed by atoms with Crippen molar-refractivity contribution in [1.29, 1.82) is 0 Å². The van der Waals surface area contributed by atoms with Crippen LogP contribution in [-0.2, 0) is 14.4 Å². The summed E-state index contributed by atoms with van der Waals surface area (Å²) in [5, 5.41) is 17.2. The number of benzene rings is 1. The highest BCUT2D eigenvalue weighted by molar-refractivity contribution is 8.26. The first kappa shape index (κ1) is 18.9. The van der Waals surface area contributed by atoms with Gasteiger partial charge in [-0.2, -0.15) is 0 Å². The highest BCUT2D eigenvalue weighted by atomic mass is 32.2. The van der Waals surface area contributed by atoms with E-state index in [1.54, 1.807) is 30.3 Å². The maximum Gasteiger partial charge on any atom is 0.341 e. The third-order valence-electron chi connectivity index (χ3n) is 3.19. The molecule has 25 heavy (non-hydrogen) atoms. The fraction of sp³-hybridized carbons (Fsp3) is 0.250. The standard InChI is InChI=1S/C16H15NO6S2/c18-13(19)2-1-7-17-15(22)12(25-16(17)24)8-10-3-5-11(6-4-10)23-9-14(20)21/h3-6,8H,1-2,7,9H2,(H,18,19)(H,20,21)/b12-8-. The second-order valence-electron chi connectivity index (χ2n) is 5.08. The van der Waals surface area contributed by atoms with E-state index in [0.717, 1.165) is 5.56 Å². The monoisotopic (exact) mass is 381 g/mol. The van der Waals surface area contributed by atoms with Gasteiger partial charge in [-0.15, -0.1) is 0 Å². The van der Waals surface area contributed by atoms with Gasteiger partial charge in [-0.05, 0) is 30.2 Å². The number of aliphatic carboxylic acids is 2. The number of ether oxygens (including phenoxy) is 1. The van der Waals surface area contributed by atoms with Gasteiger partial charge in [0, 0.05) is 13.0 Å². The molecule has 1 aromatic carbocycles. The van der Waals surface area contributed by atoms with Crippen molar-refractivity contribution in [3.05, 3.63) is 34.7 Å². The lowest BCUT2D eigenvalue weighted by atomic mass is 10.2. The summed E-state index contributed by atoms with van der Waals surface area (Å²) < 4.78 is 5.45. The van der Waals surface area contributed by atoms with Gasteiger partial charge in [0.25, 0.3) is 5.91 Å². The molecule has 9 heteroatoms. The van der Waals surface area contributed by atoms with E-state index in [1.807, 2.05) is 0 Å². The SMILES string of the molecule is O=C(O)CCCN1C(=O)/C(=C/c2ccc(OCC(=O)O)cc2)SC1=S. The molecule has 1 fully saturated rings. The summed E-state index contributed by atoms with van der Waals surface area (Å²) in [4.78, 5) is 35.2. The molecule has 0 spiro atoms. The second kappa shape index (κ2) is 8.63. The molecule has 132 valence electrons. The second-order valence-corrected chi connectivity index (χ2v) is 6.76. The first-order chi connectivity index (χ1) is 11.9. The molecule has 0 saturated carbocycles. The largest absolute Gasteiger partial charge is 0.482 e.